The van der Waals surface area contributed by atoms with Gasteiger partial charge in [-0.15, -0.1) is 11.3 Å². The number of nitrogens with one attached hydrogen (secondary N) is 1. The highest BCUT2D eigenvalue weighted by atomic mass is 35.5. The maximum Gasteiger partial charge on any atom is 0.254 e. The summed E-state index contributed by atoms with van der Waals surface area (Å²) in [5.74, 6) is -1.44. The highest BCUT2D eigenvalue weighted by molar-refractivity contribution is 7.09. The number of aliphatic hydroxyl groups is 2. The van der Waals surface area contributed by atoms with Gasteiger partial charge in [-0.3, -0.25) is 9.59 Å². The van der Waals surface area contributed by atoms with Crippen LogP contribution in [-0.2, 0) is 16.0 Å². The van der Waals surface area contributed by atoms with Crippen molar-refractivity contribution in [2.24, 2.45) is 0 Å². The van der Waals surface area contributed by atoms with Gasteiger partial charge in [0.15, 0.2) is 12.2 Å². The number of hydrogen-bond donors (Lipinski definition) is 3. The summed E-state index contributed by atoms with van der Waals surface area (Å²) in [5, 5.41) is 25.7. The molecule has 0 radical (unpaired) electrons. The van der Waals surface area contributed by atoms with Crippen LogP contribution >= 0.6 is 22.9 Å². The Balaban J connectivity index is 1.96. The molecule has 1 aliphatic carbocycles. The molecule has 1 heterocycles. The van der Waals surface area contributed by atoms with E-state index in [4.69, 9.17) is 11.6 Å². The van der Waals surface area contributed by atoms with E-state index in [1.54, 1.807) is 17.4 Å². The van der Waals surface area contributed by atoms with Gasteiger partial charge in [0.05, 0.1) is 0 Å². The van der Waals surface area contributed by atoms with E-state index >= 15 is 0 Å². The molecule has 1 aromatic heterocycles. The topological polar surface area (TPSA) is 89.9 Å². The molecule has 2 amide bonds. The molecule has 30 heavy (non-hydrogen) atoms. The molecule has 1 aliphatic rings. The molecule has 0 bridgehead atoms. The Kier molecular flexibility index (Phi) is 10.3. The van der Waals surface area contributed by atoms with Gasteiger partial charge in [-0.05, 0) is 42.4 Å². The maximum atomic E-state index is 12.8. The minimum Gasteiger partial charge on any atom is -0.380 e. The molecule has 3 N–H and O–H groups in total. The number of aliphatic hydroxyl groups excluding tert-OH is 2. The maximum absolute atomic E-state index is 12.8. The number of halogens is 1. The first-order chi connectivity index (χ1) is 14.4. The molecule has 164 valence electrons. The fraction of sp³-hybridized carbons (Fsp3) is 0.455. The number of unbranched alkanes of at least 4 members (excludes halogenated alkanes) is 1. The summed E-state index contributed by atoms with van der Waals surface area (Å²) in [7, 11) is 0. The molecule has 2 rings (SSSR count). The number of thiophene rings is 1. The van der Waals surface area contributed by atoms with Crippen molar-refractivity contribution in [2.45, 2.75) is 44.8 Å². The molecule has 0 saturated carbocycles. The highest BCUT2D eigenvalue weighted by Gasteiger charge is 2.33. The molecule has 1 aromatic rings. The molecular weight excluding hydrogens is 424 g/mol. The van der Waals surface area contributed by atoms with E-state index in [9.17, 15) is 19.8 Å². The lowest BCUT2D eigenvalue weighted by molar-refractivity contribution is -0.152. The Hall–Kier alpha value is -1.93. The van der Waals surface area contributed by atoms with Crippen molar-refractivity contribution in [2.75, 3.05) is 19.6 Å². The largest absolute Gasteiger partial charge is 0.380 e. The van der Waals surface area contributed by atoms with Crippen LogP contribution in [0.2, 0.25) is 0 Å². The molecule has 0 saturated heterocycles. The van der Waals surface area contributed by atoms with Crippen molar-refractivity contribution in [1.29, 1.82) is 0 Å². The zero-order chi connectivity index (χ0) is 21.9. The van der Waals surface area contributed by atoms with Crippen LogP contribution in [0.15, 0.2) is 52.4 Å². The van der Waals surface area contributed by atoms with Crippen molar-refractivity contribution in [3.05, 3.63) is 57.3 Å². The van der Waals surface area contributed by atoms with Crippen LogP contribution < -0.4 is 5.32 Å². The predicted octanol–water partition coefficient (Wildman–Crippen LogP) is 2.77. The monoisotopic (exact) mass is 452 g/mol. The molecule has 0 spiro atoms. The smallest absolute Gasteiger partial charge is 0.254 e. The number of carbonyl (C=O) groups is 2. The van der Waals surface area contributed by atoms with E-state index in [0.717, 1.165) is 23.3 Å². The lowest BCUT2D eigenvalue weighted by Gasteiger charge is -2.27. The lowest BCUT2D eigenvalue weighted by atomic mass is 10.1. The van der Waals surface area contributed by atoms with E-state index in [1.165, 1.54) is 4.90 Å². The summed E-state index contributed by atoms with van der Waals surface area (Å²) in [5.41, 5.74) is 0.820. The molecule has 2 unspecified atom stereocenters. The van der Waals surface area contributed by atoms with Crippen LogP contribution in [0.3, 0.4) is 0 Å². The Morgan fingerprint density at radius 2 is 2.13 bits per heavy atom. The third kappa shape index (κ3) is 7.72. The van der Waals surface area contributed by atoms with Crippen molar-refractivity contribution in [3.63, 3.8) is 0 Å². The van der Waals surface area contributed by atoms with Crippen LogP contribution in [0.1, 0.15) is 31.1 Å². The SMILES string of the molecule is CCCCN(CC1=CC(Cl)=CCC=C1)C(=O)C(O)C(O)C(=O)NCCc1cccs1. The number of nitrogens with zero attached hydrogens (tertiary/aromatic N) is 1. The van der Waals surface area contributed by atoms with Gasteiger partial charge in [-0.1, -0.05) is 49.2 Å². The minimum absolute atomic E-state index is 0.239. The van der Waals surface area contributed by atoms with Gasteiger partial charge in [0.2, 0.25) is 0 Å². The Labute approximate surface area is 186 Å². The fourth-order valence-electron chi connectivity index (χ4n) is 2.95. The first-order valence-electron chi connectivity index (χ1n) is 10.1. The van der Waals surface area contributed by atoms with Gasteiger partial charge < -0.3 is 20.4 Å². The quantitative estimate of drug-likeness (QED) is 0.481. The summed E-state index contributed by atoms with van der Waals surface area (Å²) in [6.07, 6.45) is 6.74. The zero-order valence-electron chi connectivity index (χ0n) is 17.1. The Morgan fingerprint density at radius 1 is 1.33 bits per heavy atom. The van der Waals surface area contributed by atoms with E-state index < -0.39 is 24.0 Å². The molecule has 0 fully saturated rings. The highest BCUT2D eigenvalue weighted by Crippen LogP contribution is 2.16. The van der Waals surface area contributed by atoms with E-state index in [-0.39, 0.29) is 6.54 Å². The molecule has 6 nitrogen and oxygen atoms in total. The summed E-state index contributed by atoms with van der Waals surface area (Å²) in [4.78, 5) is 27.6. The van der Waals surface area contributed by atoms with Gasteiger partial charge in [-0.25, -0.2) is 0 Å². The van der Waals surface area contributed by atoms with Gasteiger partial charge in [-0.2, -0.15) is 0 Å². The van der Waals surface area contributed by atoms with Crippen LogP contribution in [0, 0.1) is 0 Å². The van der Waals surface area contributed by atoms with Gasteiger partial charge >= 0.3 is 0 Å². The molecule has 8 heteroatoms. The molecule has 2 atom stereocenters. The second kappa shape index (κ2) is 12.7. The third-order valence-electron chi connectivity index (χ3n) is 4.64. The van der Waals surface area contributed by atoms with Gasteiger partial charge in [0, 0.05) is 29.5 Å². The van der Waals surface area contributed by atoms with Crippen LogP contribution in [0.5, 0.6) is 0 Å². The van der Waals surface area contributed by atoms with E-state index in [0.29, 0.717) is 31.0 Å². The number of carbonyl (C=O) groups excluding carboxylic acids is 2. The van der Waals surface area contributed by atoms with E-state index in [1.807, 2.05) is 42.7 Å². The minimum atomic E-state index is -1.83. The summed E-state index contributed by atoms with van der Waals surface area (Å²) in [6.45, 7) is 2.97. The summed E-state index contributed by atoms with van der Waals surface area (Å²) in [6, 6.07) is 3.88. The molecule has 0 aromatic carbocycles. The fourth-order valence-corrected chi connectivity index (χ4v) is 3.89. The van der Waals surface area contributed by atoms with E-state index in [2.05, 4.69) is 5.32 Å². The first kappa shape index (κ1) is 24.3. The van der Waals surface area contributed by atoms with Crippen molar-refractivity contribution < 1.29 is 19.8 Å². The standard InChI is InChI=1S/C22H29ClN2O4S/c1-2-3-12-25(15-16-7-4-5-8-17(23)14-16)22(29)20(27)19(26)21(28)24-11-10-18-9-6-13-30-18/h4,6-9,13-14,19-20,26-27H,2-3,5,10-12,15H2,1H3,(H,24,28). The molecule has 0 aliphatic heterocycles. The number of allylic oxidation sites excluding steroid dienone is 4. The zero-order valence-corrected chi connectivity index (χ0v) is 18.7. The third-order valence-corrected chi connectivity index (χ3v) is 5.84. The van der Waals surface area contributed by atoms with Crippen molar-refractivity contribution >= 4 is 34.8 Å². The second-order valence-corrected chi connectivity index (χ2v) is 8.54. The van der Waals surface area contributed by atoms with Crippen LogP contribution in [-0.4, -0.2) is 58.8 Å². The lowest BCUT2D eigenvalue weighted by Crippen LogP contribution is -2.51. The number of amides is 2. The average molecular weight is 453 g/mol. The van der Waals surface area contributed by atoms with Crippen molar-refractivity contribution in [3.8, 4) is 0 Å². The van der Waals surface area contributed by atoms with Crippen molar-refractivity contribution in [1.82, 2.24) is 10.2 Å². The average Bonchev–Trinajstić information content (AvgIpc) is 3.17. The predicted molar refractivity (Wildman–Crippen MR) is 120 cm³/mol. The number of hydrogen-bond acceptors (Lipinski definition) is 5. The van der Waals surface area contributed by atoms with Crippen LogP contribution in [0.4, 0.5) is 0 Å². The normalized spacial score (nSPS) is 15.6. The Morgan fingerprint density at radius 3 is 2.83 bits per heavy atom. The first-order valence-corrected chi connectivity index (χ1v) is 11.4. The second-order valence-electron chi connectivity index (χ2n) is 7.07. The Bertz CT molecular complexity index is 789. The van der Waals surface area contributed by atoms with Gasteiger partial charge in [0.1, 0.15) is 0 Å². The van der Waals surface area contributed by atoms with Gasteiger partial charge in [0.25, 0.3) is 11.8 Å². The summed E-state index contributed by atoms with van der Waals surface area (Å²) < 4.78 is 0. The summed E-state index contributed by atoms with van der Waals surface area (Å²) >= 11 is 7.70. The van der Waals surface area contributed by atoms with Crippen LogP contribution in [0.25, 0.3) is 0 Å². The molecular formula is C22H29ClN2O4S. The number of rotatable bonds is 11.